The second-order valence-corrected chi connectivity index (χ2v) is 9.00. The number of anilines is 1. The van der Waals surface area contributed by atoms with Gasteiger partial charge in [-0.2, -0.15) is 0 Å². The Morgan fingerprint density at radius 2 is 2.00 bits per heavy atom. The molecule has 11 heteroatoms. The molecule has 2 atom stereocenters. The first-order valence-electron chi connectivity index (χ1n) is 9.92. The third-order valence-electron chi connectivity index (χ3n) is 5.01. The van der Waals surface area contributed by atoms with Crippen LogP contribution in [-0.2, 0) is 9.59 Å². The van der Waals surface area contributed by atoms with Crippen molar-refractivity contribution in [2.45, 2.75) is 45.1 Å². The van der Waals surface area contributed by atoms with Gasteiger partial charge in [0, 0.05) is 6.07 Å². The first-order valence-corrected chi connectivity index (χ1v) is 10.7. The summed E-state index contributed by atoms with van der Waals surface area (Å²) < 4.78 is 42.0. The van der Waals surface area contributed by atoms with Gasteiger partial charge in [0.15, 0.2) is 5.13 Å². The number of hydrogen-bond donors (Lipinski definition) is 1. The van der Waals surface area contributed by atoms with Gasteiger partial charge in [0.1, 0.15) is 5.75 Å². The summed E-state index contributed by atoms with van der Waals surface area (Å²) in [6, 6.07) is 2.67. The van der Waals surface area contributed by atoms with E-state index in [1.54, 1.807) is 19.0 Å². The number of thiazole rings is 1. The van der Waals surface area contributed by atoms with Crippen LogP contribution < -0.4 is 15.0 Å². The molecule has 170 valence electrons. The maximum Gasteiger partial charge on any atom is 0.573 e. The van der Waals surface area contributed by atoms with Crippen molar-refractivity contribution in [2.24, 2.45) is 5.92 Å². The number of fused-ring (bicyclic) bond motifs is 1. The van der Waals surface area contributed by atoms with E-state index in [-0.39, 0.29) is 16.8 Å². The molecule has 1 saturated heterocycles. The molecule has 0 radical (unpaired) electrons. The van der Waals surface area contributed by atoms with Crippen molar-refractivity contribution in [3.63, 3.8) is 0 Å². The summed E-state index contributed by atoms with van der Waals surface area (Å²) in [5.41, 5.74) is 0.380. The molecule has 1 aliphatic rings. The zero-order valence-corrected chi connectivity index (χ0v) is 18.5. The molecule has 7 nitrogen and oxygen atoms in total. The molecule has 0 saturated carbocycles. The van der Waals surface area contributed by atoms with E-state index in [1.807, 2.05) is 13.8 Å². The van der Waals surface area contributed by atoms with E-state index in [4.69, 9.17) is 0 Å². The van der Waals surface area contributed by atoms with E-state index in [0.29, 0.717) is 23.2 Å². The molecule has 1 aromatic heterocycles. The number of rotatable bonds is 6. The second kappa shape index (κ2) is 9.09. The number of carbonyl (C=O) groups is 2. The van der Waals surface area contributed by atoms with Crippen molar-refractivity contribution in [1.29, 1.82) is 0 Å². The molecule has 1 fully saturated rings. The zero-order valence-electron chi connectivity index (χ0n) is 17.7. The molecule has 2 heterocycles. The van der Waals surface area contributed by atoms with Gasteiger partial charge in [-0.1, -0.05) is 25.2 Å². The van der Waals surface area contributed by atoms with Crippen LogP contribution in [0.5, 0.6) is 5.75 Å². The summed E-state index contributed by atoms with van der Waals surface area (Å²) in [6.45, 7) is 4.45. The fourth-order valence-electron chi connectivity index (χ4n) is 3.77. The highest BCUT2D eigenvalue weighted by Crippen LogP contribution is 2.34. The summed E-state index contributed by atoms with van der Waals surface area (Å²) in [7, 11) is 3.52. The predicted octanol–water partition coefficient (Wildman–Crippen LogP) is 3.39. The monoisotopic (exact) mass is 458 g/mol. The molecule has 0 bridgehead atoms. The van der Waals surface area contributed by atoms with Gasteiger partial charge in [-0.3, -0.25) is 14.5 Å². The number of alkyl halides is 3. The largest absolute Gasteiger partial charge is 0.573 e. The molecule has 2 aromatic rings. The van der Waals surface area contributed by atoms with Crippen molar-refractivity contribution in [3.8, 4) is 5.75 Å². The van der Waals surface area contributed by atoms with Crippen LogP contribution in [0.15, 0.2) is 18.2 Å². The fourth-order valence-corrected chi connectivity index (χ4v) is 4.77. The summed E-state index contributed by atoms with van der Waals surface area (Å²) in [4.78, 5) is 34.0. The Bertz CT molecular complexity index is 947. The van der Waals surface area contributed by atoms with Gasteiger partial charge >= 0.3 is 6.36 Å². The van der Waals surface area contributed by atoms with Crippen LogP contribution in [0, 0.1) is 5.92 Å². The number of carbonyl (C=O) groups excluding carboxylic acids is 2. The number of nitrogens with one attached hydrogen (secondary N) is 1. The predicted molar refractivity (Wildman–Crippen MR) is 112 cm³/mol. The third kappa shape index (κ3) is 5.34. The van der Waals surface area contributed by atoms with Crippen molar-refractivity contribution in [2.75, 3.05) is 25.5 Å². The van der Waals surface area contributed by atoms with Crippen LogP contribution in [-0.4, -0.2) is 60.8 Å². The summed E-state index contributed by atoms with van der Waals surface area (Å²) in [6.07, 6.45) is -3.40. The van der Waals surface area contributed by atoms with Gasteiger partial charge < -0.3 is 10.1 Å². The van der Waals surface area contributed by atoms with Gasteiger partial charge in [0.25, 0.3) is 11.8 Å². The third-order valence-corrected chi connectivity index (χ3v) is 6.02. The van der Waals surface area contributed by atoms with Gasteiger partial charge in [0.2, 0.25) is 0 Å². The Hall–Kier alpha value is -2.24. The van der Waals surface area contributed by atoms with E-state index in [9.17, 15) is 22.8 Å². The molecular formula is C20H25F3N4O3S. The minimum absolute atomic E-state index is 0.0736. The Balaban J connectivity index is 2.02. The summed E-state index contributed by atoms with van der Waals surface area (Å²) >= 11 is 0.981. The number of aromatic nitrogens is 1. The Labute approximate surface area is 182 Å². The fraction of sp³-hybridized carbons (Fsp3) is 0.550. The Morgan fingerprint density at radius 1 is 1.29 bits per heavy atom. The lowest BCUT2D eigenvalue weighted by Crippen LogP contribution is -2.54. The van der Waals surface area contributed by atoms with E-state index < -0.39 is 30.3 Å². The van der Waals surface area contributed by atoms with Crippen LogP contribution >= 0.6 is 11.3 Å². The molecular weight excluding hydrogens is 433 g/mol. The van der Waals surface area contributed by atoms with Gasteiger partial charge in [-0.15, -0.1) is 13.2 Å². The number of benzene rings is 1. The topological polar surface area (TPSA) is 74.8 Å². The van der Waals surface area contributed by atoms with E-state index in [0.717, 1.165) is 28.7 Å². The minimum atomic E-state index is -4.82. The molecule has 1 aromatic carbocycles. The number of ether oxygens (including phenoxy) is 1. The van der Waals surface area contributed by atoms with Crippen LogP contribution in [0.2, 0.25) is 0 Å². The van der Waals surface area contributed by atoms with E-state index in [2.05, 4.69) is 15.0 Å². The van der Waals surface area contributed by atoms with Crippen molar-refractivity contribution in [3.05, 3.63) is 18.2 Å². The molecule has 0 aliphatic carbocycles. The highest BCUT2D eigenvalue weighted by atomic mass is 32.1. The number of hydrogen-bond acceptors (Lipinski definition) is 7. The van der Waals surface area contributed by atoms with Gasteiger partial charge in [-0.25, -0.2) is 9.88 Å². The van der Waals surface area contributed by atoms with Gasteiger partial charge in [-0.05, 0) is 51.5 Å². The van der Waals surface area contributed by atoms with Crippen molar-refractivity contribution < 1.29 is 27.5 Å². The average Bonchev–Trinajstić information content (AvgIpc) is 3.29. The Morgan fingerprint density at radius 3 is 2.55 bits per heavy atom. The normalized spacial score (nSPS) is 18.0. The molecule has 1 N–H and O–H groups in total. The van der Waals surface area contributed by atoms with E-state index in [1.165, 1.54) is 12.1 Å². The van der Waals surface area contributed by atoms with Gasteiger partial charge in [0.05, 0.1) is 22.3 Å². The Kier molecular flexibility index (Phi) is 6.87. The highest BCUT2D eigenvalue weighted by molar-refractivity contribution is 7.22. The number of likely N-dealkylation sites (N-methyl/N-ethyl adjacent to an activating group) is 1. The number of amides is 2. The highest BCUT2D eigenvalue weighted by Gasteiger charge is 2.39. The molecule has 0 spiro atoms. The van der Waals surface area contributed by atoms with Crippen molar-refractivity contribution >= 4 is 38.5 Å². The second-order valence-electron chi connectivity index (χ2n) is 7.99. The molecule has 3 rings (SSSR count). The van der Waals surface area contributed by atoms with Crippen LogP contribution in [0.3, 0.4) is 0 Å². The first-order chi connectivity index (χ1) is 14.5. The molecule has 1 aliphatic heterocycles. The maximum atomic E-state index is 13.5. The molecule has 0 unspecified atom stereocenters. The number of nitrogens with zero attached hydrogens (tertiary/aromatic N) is 3. The molecule has 31 heavy (non-hydrogen) atoms. The SMILES string of the molecule is CC(C)[C@@H](C(=O)N(C(=O)[C@H]1CCCN1)c1nc2ccc(OC(F)(F)F)cc2s1)N(C)C. The standard InChI is InChI=1S/C20H25F3N4O3S/c1-11(2)16(26(3)4)18(29)27(17(28)14-6-5-9-24-14)19-25-13-8-7-12(10-15(13)31-19)30-20(21,22)23/h7-8,10-11,14,16,24H,5-6,9H2,1-4H3/t14-,16+/m1/s1. The first kappa shape index (κ1) is 23.4. The lowest BCUT2D eigenvalue weighted by Gasteiger charge is -2.31. The minimum Gasteiger partial charge on any atom is -0.406 e. The molecule has 2 amide bonds. The zero-order chi connectivity index (χ0) is 22.9. The summed E-state index contributed by atoms with van der Waals surface area (Å²) in [5, 5.41) is 3.24. The van der Waals surface area contributed by atoms with Crippen molar-refractivity contribution in [1.82, 2.24) is 15.2 Å². The quantitative estimate of drug-likeness (QED) is 0.715. The smallest absolute Gasteiger partial charge is 0.406 e. The van der Waals surface area contributed by atoms with Crippen LogP contribution in [0.4, 0.5) is 18.3 Å². The average molecular weight is 459 g/mol. The number of imide groups is 1. The lowest BCUT2D eigenvalue weighted by molar-refractivity contribution is -0.274. The lowest BCUT2D eigenvalue weighted by atomic mass is 10.0. The number of halogens is 3. The van der Waals surface area contributed by atoms with Crippen LogP contribution in [0.1, 0.15) is 26.7 Å². The van der Waals surface area contributed by atoms with E-state index >= 15 is 0 Å². The van der Waals surface area contributed by atoms with Crippen LogP contribution in [0.25, 0.3) is 10.2 Å². The maximum absolute atomic E-state index is 13.5. The summed E-state index contributed by atoms with van der Waals surface area (Å²) in [5.74, 6) is -1.27.